The Labute approximate surface area is 103 Å². The van der Waals surface area contributed by atoms with Crippen molar-refractivity contribution in [2.75, 3.05) is 0 Å². The standard InChI is InChI=1S/C13H22N2O2/c1-8(2)12-14-7-11(16-9(3)4)13(15-12)17-10(5)6/h7-10H,1-6H3. The number of nitrogens with zero attached hydrogens (tertiary/aromatic N) is 2. The van der Waals surface area contributed by atoms with Crippen LogP contribution >= 0.6 is 0 Å². The second-order valence-electron chi connectivity index (χ2n) is 4.89. The summed E-state index contributed by atoms with van der Waals surface area (Å²) in [7, 11) is 0. The van der Waals surface area contributed by atoms with Crippen molar-refractivity contribution in [1.82, 2.24) is 9.97 Å². The van der Waals surface area contributed by atoms with E-state index in [2.05, 4.69) is 23.8 Å². The number of aromatic nitrogens is 2. The maximum atomic E-state index is 5.66. The van der Waals surface area contributed by atoms with E-state index in [-0.39, 0.29) is 18.1 Å². The number of hydrogen-bond donors (Lipinski definition) is 0. The molecule has 0 atom stereocenters. The van der Waals surface area contributed by atoms with E-state index in [0.717, 1.165) is 5.82 Å². The summed E-state index contributed by atoms with van der Waals surface area (Å²) in [5, 5.41) is 0. The minimum absolute atomic E-state index is 0.0689. The fourth-order valence-corrected chi connectivity index (χ4v) is 1.29. The summed E-state index contributed by atoms with van der Waals surface area (Å²) in [5.74, 6) is 2.19. The first-order valence-electron chi connectivity index (χ1n) is 6.10. The summed E-state index contributed by atoms with van der Waals surface area (Å²) in [5.41, 5.74) is 0. The van der Waals surface area contributed by atoms with Gasteiger partial charge in [0.15, 0.2) is 5.75 Å². The van der Waals surface area contributed by atoms with Gasteiger partial charge >= 0.3 is 0 Å². The summed E-state index contributed by atoms with van der Waals surface area (Å²) >= 11 is 0. The maximum Gasteiger partial charge on any atom is 0.260 e. The van der Waals surface area contributed by atoms with Crippen LogP contribution < -0.4 is 9.47 Å². The van der Waals surface area contributed by atoms with Crippen molar-refractivity contribution in [3.05, 3.63) is 12.0 Å². The van der Waals surface area contributed by atoms with Crippen molar-refractivity contribution in [2.45, 2.75) is 59.7 Å². The van der Waals surface area contributed by atoms with Crippen molar-refractivity contribution in [2.24, 2.45) is 0 Å². The molecular formula is C13H22N2O2. The van der Waals surface area contributed by atoms with Crippen molar-refractivity contribution in [1.29, 1.82) is 0 Å². The lowest BCUT2D eigenvalue weighted by molar-refractivity contribution is 0.189. The van der Waals surface area contributed by atoms with Crippen LogP contribution in [-0.4, -0.2) is 22.2 Å². The third kappa shape index (κ3) is 4.21. The van der Waals surface area contributed by atoms with Crippen LogP contribution in [0.25, 0.3) is 0 Å². The van der Waals surface area contributed by atoms with Gasteiger partial charge in [0, 0.05) is 5.92 Å². The highest BCUT2D eigenvalue weighted by molar-refractivity contribution is 5.31. The van der Waals surface area contributed by atoms with E-state index in [1.165, 1.54) is 0 Å². The topological polar surface area (TPSA) is 44.2 Å². The van der Waals surface area contributed by atoms with E-state index in [0.29, 0.717) is 11.6 Å². The van der Waals surface area contributed by atoms with E-state index < -0.39 is 0 Å². The third-order valence-corrected chi connectivity index (χ3v) is 1.97. The van der Waals surface area contributed by atoms with Gasteiger partial charge in [-0.3, -0.25) is 0 Å². The fraction of sp³-hybridized carbons (Fsp3) is 0.692. The summed E-state index contributed by atoms with van der Waals surface area (Å²) in [6.07, 6.45) is 1.84. The van der Waals surface area contributed by atoms with Crippen molar-refractivity contribution >= 4 is 0 Å². The summed E-state index contributed by atoms with van der Waals surface area (Å²) in [6.45, 7) is 12.0. The van der Waals surface area contributed by atoms with Crippen LogP contribution in [-0.2, 0) is 0 Å². The van der Waals surface area contributed by atoms with Crippen molar-refractivity contribution < 1.29 is 9.47 Å². The smallest absolute Gasteiger partial charge is 0.260 e. The Hall–Kier alpha value is -1.32. The molecule has 1 heterocycles. The first kappa shape index (κ1) is 13.7. The van der Waals surface area contributed by atoms with Crippen LogP contribution in [0.1, 0.15) is 53.3 Å². The molecule has 1 aromatic rings. The second-order valence-corrected chi connectivity index (χ2v) is 4.89. The molecule has 1 aromatic heterocycles. The number of rotatable bonds is 5. The first-order valence-corrected chi connectivity index (χ1v) is 6.10. The molecule has 0 amide bonds. The van der Waals surface area contributed by atoms with Gasteiger partial charge in [-0.05, 0) is 27.7 Å². The van der Waals surface area contributed by atoms with Crippen LogP contribution in [0.15, 0.2) is 6.20 Å². The molecule has 17 heavy (non-hydrogen) atoms. The molecule has 0 N–H and O–H groups in total. The molecule has 0 aliphatic rings. The highest BCUT2D eigenvalue weighted by Crippen LogP contribution is 2.27. The van der Waals surface area contributed by atoms with E-state index in [4.69, 9.17) is 9.47 Å². The SMILES string of the molecule is CC(C)Oc1cnc(C(C)C)nc1OC(C)C. The van der Waals surface area contributed by atoms with E-state index in [1.54, 1.807) is 6.20 Å². The van der Waals surface area contributed by atoms with Gasteiger partial charge in [-0.2, -0.15) is 4.98 Å². The lowest BCUT2D eigenvalue weighted by atomic mass is 10.2. The predicted molar refractivity (Wildman–Crippen MR) is 67.6 cm³/mol. The molecule has 4 heteroatoms. The minimum Gasteiger partial charge on any atom is -0.484 e. The molecule has 0 saturated carbocycles. The molecule has 4 nitrogen and oxygen atoms in total. The molecule has 0 aliphatic carbocycles. The van der Waals surface area contributed by atoms with Gasteiger partial charge in [0.1, 0.15) is 5.82 Å². The Kier molecular flexibility index (Phi) is 4.73. The second kappa shape index (κ2) is 5.84. The molecule has 0 aliphatic heterocycles. The molecule has 0 aromatic carbocycles. The van der Waals surface area contributed by atoms with E-state index >= 15 is 0 Å². The summed E-state index contributed by atoms with van der Waals surface area (Å²) < 4.78 is 11.3. The van der Waals surface area contributed by atoms with Crippen LogP contribution in [0.4, 0.5) is 0 Å². The van der Waals surface area contributed by atoms with Crippen LogP contribution in [0.3, 0.4) is 0 Å². The zero-order chi connectivity index (χ0) is 13.0. The zero-order valence-electron chi connectivity index (χ0n) is 11.5. The Morgan fingerprint density at radius 3 is 2.00 bits per heavy atom. The molecule has 0 spiro atoms. The van der Waals surface area contributed by atoms with Gasteiger partial charge in [0.25, 0.3) is 5.88 Å². The Morgan fingerprint density at radius 1 is 0.941 bits per heavy atom. The molecule has 0 fully saturated rings. The van der Waals surface area contributed by atoms with Crippen LogP contribution in [0, 0.1) is 0 Å². The van der Waals surface area contributed by atoms with Crippen molar-refractivity contribution in [3.8, 4) is 11.6 Å². The highest BCUT2D eigenvalue weighted by Gasteiger charge is 2.14. The summed E-state index contributed by atoms with van der Waals surface area (Å²) in [6, 6.07) is 0. The van der Waals surface area contributed by atoms with E-state index in [1.807, 2.05) is 27.7 Å². The quantitative estimate of drug-likeness (QED) is 0.790. The molecule has 0 unspecified atom stereocenters. The van der Waals surface area contributed by atoms with Crippen molar-refractivity contribution in [3.63, 3.8) is 0 Å². The van der Waals surface area contributed by atoms with Gasteiger partial charge in [-0.1, -0.05) is 13.8 Å². The maximum absolute atomic E-state index is 5.66. The molecule has 96 valence electrons. The lowest BCUT2D eigenvalue weighted by Crippen LogP contribution is -2.13. The molecular weight excluding hydrogens is 216 g/mol. The van der Waals surface area contributed by atoms with Crippen LogP contribution in [0.2, 0.25) is 0 Å². The largest absolute Gasteiger partial charge is 0.484 e. The molecule has 1 rings (SSSR count). The van der Waals surface area contributed by atoms with Gasteiger partial charge in [0.05, 0.1) is 18.4 Å². The van der Waals surface area contributed by atoms with Crippen LogP contribution in [0.5, 0.6) is 11.6 Å². The van der Waals surface area contributed by atoms with Gasteiger partial charge in [-0.15, -0.1) is 0 Å². The minimum atomic E-state index is 0.0689. The molecule has 0 radical (unpaired) electrons. The normalized spacial score (nSPS) is 11.4. The zero-order valence-corrected chi connectivity index (χ0v) is 11.5. The lowest BCUT2D eigenvalue weighted by Gasteiger charge is -2.16. The third-order valence-electron chi connectivity index (χ3n) is 1.97. The fourth-order valence-electron chi connectivity index (χ4n) is 1.29. The Bertz CT molecular complexity index is 362. The Balaban J connectivity index is 3.03. The molecule has 0 bridgehead atoms. The highest BCUT2D eigenvalue weighted by atomic mass is 16.5. The van der Waals surface area contributed by atoms with Gasteiger partial charge in [0.2, 0.25) is 0 Å². The van der Waals surface area contributed by atoms with E-state index in [9.17, 15) is 0 Å². The number of hydrogen-bond acceptors (Lipinski definition) is 4. The average molecular weight is 238 g/mol. The summed E-state index contributed by atoms with van der Waals surface area (Å²) in [4.78, 5) is 8.69. The number of ether oxygens (including phenoxy) is 2. The van der Waals surface area contributed by atoms with Gasteiger partial charge in [-0.25, -0.2) is 4.98 Å². The average Bonchev–Trinajstić information content (AvgIpc) is 2.18. The Morgan fingerprint density at radius 2 is 1.53 bits per heavy atom. The monoisotopic (exact) mass is 238 g/mol. The predicted octanol–water partition coefficient (Wildman–Crippen LogP) is 3.17. The van der Waals surface area contributed by atoms with Gasteiger partial charge < -0.3 is 9.47 Å². The first-order chi connectivity index (χ1) is 7.90. The molecule has 0 saturated heterocycles.